The molecule has 1 aliphatic rings. The van der Waals surface area contributed by atoms with Gasteiger partial charge >= 0.3 is 5.97 Å². The molecule has 0 radical (unpaired) electrons. The van der Waals surface area contributed by atoms with Gasteiger partial charge in [-0.2, -0.15) is 0 Å². The molecule has 0 aliphatic carbocycles. The van der Waals surface area contributed by atoms with Crippen LogP contribution >= 0.6 is 11.8 Å². The average molecular weight is 420 g/mol. The monoisotopic (exact) mass is 419 g/mol. The number of nitrogens with zero attached hydrogens (tertiary/aromatic N) is 1. The molecule has 1 atom stereocenters. The molecule has 4 nitrogen and oxygen atoms in total. The molecule has 1 N–H and O–H groups in total. The van der Waals surface area contributed by atoms with Gasteiger partial charge in [0.15, 0.2) is 0 Å². The topological polar surface area (TPSA) is 59.4 Å². The van der Waals surface area contributed by atoms with Crippen molar-refractivity contribution < 1.29 is 14.6 Å². The van der Waals surface area contributed by atoms with Crippen LogP contribution < -0.4 is 4.74 Å². The minimum absolute atomic E-state index is 0.0943. The second-order valence-corrected chi connectivity index (χ2v) is 8.96. The summed E-state index contributed by atoms with van der Waals surface area (Å²) in [5.74, 6) is 0.775. The van der Waals surface area contributed by atoms with Crippen LogP contribution in [0, 0.1) is 20.8 Å². The molecule has 2 aromatic carbocycles. The summed E-state index contributed by atoms with van der Waals surface area (Å²) in [6.45, 7) is 6.77. The number of aromatic nitrogens is 1. The van der Waals surface area contributed by atoms with Gasteiger partial charge in [0.25, 0.3) is 0 Å². The Hall–Kier alpha value is -2.79. The summed E-state index contributed by atoms with van der Waals surface area (Å²) >= 11 is 1.72. The van der Waals surface area contributed by atoms with E-state index < -0.39 is 5.97 Å². The number of carboxylic acid groups (broad SMARTS) is 1. The van der Waals surface area contributed by atoms with E-state index in [4.69, 9.17) is 14.8 Å². The first-order chi connectivity index (χ1) is 14.4. The maximum atomic E-state index is 11.0. The molecule has 0 saturated heterocycles. The number of hydrogen-bond donors (Lipinski definition) is 1. The SMILES string of the molecule is Cc1cc(C)c(-c2cccc(OCc3ccc4c(c3)SCC4CC(=O)O)n2)c(C)c1. The summed E-state index contributed by atoms with van der Waals surface area (Å²) in [5, 5.41) is 9.08. The Morgan fingerprint density at radius 3 is 2.63 bits per heavy atom. The zero-order valence-corrected chi connectivity index (χ0v) is 18.3. The van der Waals surface area contributed by atoms with Crippen molar-refractivity contribution in [2.75, 3.05) is 5.75 Å². The first-order valence-electron chi connectivity index (χ1n) is 10.1. The first-order valence-corrected chi connectivity index (χ1v) is 11.0. The largest absolute Gasteiger partial charge is 0.481 e. The summed E-state index contributed by atoms with van der Waals surface area (Å²) in [7, 11) is 0. The van der Waals surface area contributed by atoms with Crippen LogP contribution in [0.3, 0.4) is 0 Å². The van der Waals surface area contributed by atoms with Crippen molar-refractivity contribution in [3.05, 3.63) is 76.3 Å². The Labute approximate surface area is 181 Å². The smallest absolute Gasteiger partial charge is 0.303 e. The molecule has 154 valence electrons. The molecular formula is C25H25NO3S. The molecule has 0 amide bonds. The minimum atomic E-state index is -0.745. The third-order valence-corrected chi connectivity index (χ3v) is 6.66. The first kappa shape index (κ1) is 20.5. The van der Waals surface area contributed by atoms with Crippen molar-refractivity contribution in [3.63, 3.8) is 0 Å². The lowest BCUT2D eigenvalue weighted by Gasteiger charge is -2.13. The third kappa shape index (κ3) is 4.36. The van der Waals surface area contributed by atoms with Crippen LogP contribution in [0.5, 0.6) is 5.88 Å². The van der Waals surface area contributed by atoms with Crippen LogP contribution in [-0.2, 0) is 11.4 Å². The number of rotatable bonds is 6. The minimum Gasteiger partial charge on any atom is -0.481 e. The highest BCUT2D eigenvalue weighted by molar-refractivity contribution is 7.99. The van der Waals surface area contributed by atoms with Gasteiger partial charge in [-0.15, -0.1) is 11.8 Å². The van der Waals surface area contributed by atoms with Crippen molar-refractivity contribution in [2.24, 2.45) is 0 Å². The predicted octanol–water partition coefficient (Wildman–Crippen LogP) is 5.92. The Morgan fingerprint density at radius 1 is 1.13 bits per heavy atom. The summed E-state index contributed by atoms with van der Waals surface area (Å²) in [5.41, 5.74) is 7.95. The van der Waals surface area contributed by atoms with Crippen molar-refractivity contribution in [1.29, 1.82) is 0 Å². The number of thioether (sulfide) groups is 1. The second kappa shape index (κ2) is 8.52. The molecule has 1 aromatic heterocycles. The van der Waals surface area contributed by atoms with Crippen LogP contribution in [0.25, 0.3) is 11.3 Å². The molecule has 30 heavy (non-hydrogen) atoms. The highest BCUT2D eigenvalue weighted by Crippen LogP contribution is 2.41. The van der Waals surface area contributed by atoms with Gasteiger partial charge in [-0.05, 0) is 55.2 Å². The molecule has 0 bridgehead atoms. The predicted molar refractivity (Wildman–Crippen MR) is 120 cm³/mol. The average Bonchev–Trinajstić information content (AvgIpc) is 3.07. The lowest BCUT2D eigenvalue weighted by atomic mass is 9.97. The lowest BCUT2D eigenvalue weighted by Crippen LogP contribution is -2.05. The molecule has 2 heterocycles. The number of aryl methyl sites for hydroxylation is 3. The number of aliphatic carboxylic acids is 1. The van der Waals surface area contributed by atoms with E-state index in [0.29, 0.717) is 12.5 Å². The molecule has 0 saturated carbocycles. The molecular weight excluding hydrogens is 394 g/mol. The molecule has 0 fully saturated rings. The third-order valence-electron chi connectivity index (χ3n) is 5.42. The molecule has 5 heteroatoms. The van der Waals surface area contributed by atoms with E-state index in [1.165, 1.54) is 16.7 Å². The molecule has 0 spiro atoms. The molecule has 3 aromatic rings. The van der Waals surface area contributed by atoms with Gasteiger partial charge < -0.3 is 9.84 Å². The maximum Gasteiger partial charge on any atom is 0.303 e. The highest BCUT2D eigenvalue weighted by Gasteiger charge is 2.25. The van der Waals surface area contributed by atoms with Gasteiger partial charge in [-0.25, -0.2) is 4.98 Å². The number of hydrogen-bond acceptors (Lipinski definition) is 4. The van der Waals surface area contributed by atoms with Crippen LogP contribution in [0.15, 0.2) is 53.4 Å². The van der Waals surface area contributed by atoms with Crippen molar-refractivity contribution >= 4 is 17.7 Å². The zero-order valence-electron chi connectivity index (χ0n) is 17.4. The van der Waals surface area contributed by atoms with Crippen LogP contribution in [0.1, 0.15) is 40.2 Å². The maximum absolute atomic E-state index is 11.0. The van der Waals surface area contributed by atoms with Gasteiger partial charge in [0, 0.05) is 28.2 Å². The number of ether oxygens (including phenoxy) is 1. The number of benzene rings is 2. The van der Waals surface area contributed by atoms with Crippen molar-refractivity contribution in [2.45, 2.75) is 44.6 Å². The number of carbonyl (C=O) groups is 1. The summed E-state index contributed by atoms with van der Waals surface area (Å²) in [6.07, 6.45) is 0.185. The van der Waals surface area contributed by atoms with Crippen LogP contribution in [0.4, 0.5) is 0 Å². The van der Waals surface area contributed by atoms with E-state index in [2.05, 4.69) is 39.0 Å². The standard InChI is InChI=1S/C25H25NO3S/c1-15-9-16(2)25(17(3)10-15)21-5-4-6-23(26-21)29-13-18-7-8-20-19(12-24(27)28)14-30-22(20)11-18/h4-11,19H,12-14H2,1-3H3,(H,27,28). The number of fused-ring (bicyclic) bond motifs is 1. The van der Waals surface area contributed by atoms with E-state index in [0.717, 1.165) is 33.0 Å². The Bertz CT molecular complexity index is 1090. The summed E-state index contributed by atoms with van der Waals surface area (Å²) in [4.78, 5) is 16.9. The normalized spacial score (nSPS) is 15.1. The quantitative estimate of drug-likeness (QED) is 0.538. The van der Waals surface area contributed by atoms with Gasteiger partial charge in [0.1, 0.15) is 6.61 Å². The van der Waals surface area contributed by atoms with Gasteiger partial charge in [0.05, 0.1) is 12.1 Å². The fourth-order valence-electron chi connectivity index (χ4n) is 4.17. The van der Waals surface area contributed by atoms with Crippen LogP contribution in [0.2, 0.25) is 0 Å². The lowest BCUT2D eigenvalue weighted by molar-refractivity contribution is -0.137. The molecule has 1 unspecified atom stereocenters. The van der Waals surface area contributed by atoms with E-state index in [1.54, 1.807) is 11.8 Å². The van der Waals surface area contributed by atoms with Gasteiger partial charge in [-0.1, -0.05) is 35.9 Å². The van der Waals surface area contributed by atoms with Gasteiger partial charge in [0.2, 0.25) is 5.88 Å². The second-order valence-electron chi connectivity index (χ2n) is 7.90. The van der Waals surface area contributed by atoms with Crippen LogP contribution in [-0.4, -0.2) is 21.8 Å². The van der Waals surface area contributed by atoms with E-state index in [-0.39, 0.29) is 12.3 Å². The molecule has 1 aliphatic heterocycles. The van der Waals surface area contributed by atoms with E-state index in [9.17, 15) is 4.79 Å². The van der Waals surface area contributed by atoms with Crippen molar-refractivity contribution in [3.8, 4) is 17.1 Å². The van der Waals surface area contributed by atoms with Gasteiger partial charge in [-0.3, -0.25) is 4.79 Å². The van der Waals surface area contributed by atoms with Crippen molar-refractivity contribution in [1.82, 2.24) is 4.98 Å². The zero-order chi connectivity index (χ0) is 21.3. The fraction of sp³-hybridized carbons (Fsp3) is 0.280. The number of pyridine rings is 1. The Kier molecular flexibility index (Phi) is 5.82. The van der Waals surface area contributed by atoms with E-state index >= 15 is 0 Å². The Morgan fingerprint density at radius 2 is 1.90 bits per heavy atom. The summed E-state index contributed by atoms with van der Waals surface area (Å²) < 4.78 is 5.99. The number of carboxylic acids is 1. The molecule has 4 rings (SSSR count). The summed E-state index contributed by atoms with van der Waals surface area (Å²) in [6, 6.07) is 16.4. The highest BCUT2D eigenvalue weighted by atomic mass is 32.2. The van der Waals surface area contributed by atoms with E-state index in [1.807, 2.05) is 30.3 Å². The fourth-order valence-corrected chi connectivity index (χ4v) is 5.48. The Balaban J connectivity index is 1.49.